The van der Waals surface area contributed by atoms with Gasteiger partial charge in [0.2, 0.25) is 0 Å². The molecule has 2 rings (SSSR count). The van der Waals surface area contributed by atoms with Crippen LogP contribution in [0.15, 0.2) is 54.6 Å². The maximum absolute atomic E-state index is 11.8. The van der Waals surface area contributed by atoms with E-state index in [4.69, 9.17) is 15.9 Å². The van der Waals surface area contributed by atoms with Gasteiger partial charge in [-0.05, 0) is 42.7 Å². The number of nitrogens with one attached hydrogen (secondary N) is 2. The molecule has 0 unspecified atom stereocenters. The Morgan fingerprint density at radius 3 is 2.41 bits per heavy atom. The van der Waals surface area contributed by atoms with Crippen LogP contribution in [0.4, 0.5) is 5.69 Å². The first-order valence-corrected chi connectivity index (χ1v) is 7.09. The minimum atomic E-state index is -0.247. The molecule has 0 atom stereocenters. The molecule has 0 saturated carbocycles. The number of carbonyl (C=O) groups is 1. The molecule has 0 aliphatic heterocycles. The van der Waals surface area contributed by atoms with Crippen LogP contribution in [0.25, 0.3) is 0 Å². The van der Waals surface area contributed by atoms with E-state index < -0.39 is 0 Å². The van der Waals surface area contributed by atoms with E-state index in [2.05, 4.69) is 5.32 Å². The summed E-state index contributed by atoms with van der Waals surface area (Å²) < 4.78 is 5.26. The Morgan fingerprint density at radius 2 is 1.77 bits per heavy atom. The topological polar surface area (TPSA) is 88.2 Å². The monoisotopic (exact) mass is 297 g/mol. The van der Waals surface area contributed by atoms with Crippen molar-refractivity contribution in [3.05, 3.63) is 60.2 Å². The number of guanidine groups is 1. The van der Waals surface area contributed by atoms with E-state index in [1.807, 2.05) is 30.3 Å². The van der Waals surface area contributed by atoms with Gasteiger partial charge in [-0.3, -0.25) is 10.2 Å². The lowest BCUT2D eigenvalue weighted by Crippen LogP contribution is -2.20. The molecule has 0 aliphatic carbocycles. The molecular weight excluding hydrogens is 278 g/mol. The summed E-state index contributed by atoms with van der Waals surface area (Å²) in [4.78, 5) is 11.8. The highest BCUT2D eigenvalue weighted by Gasteiger charge is 2.05. The minimum Gasteiger partial charge on any atom is -0.427 e. The maximum atomic E-state index is 11.8. The summed E-state index contributed by atoms with van der Waals surface area (Å²) >= 11 is 0. The van der Waals surface area contributed by atoms with Gasteiger partial charge in [-0.2, -0.15) is 0 Å². The second-order valence-corrected chi connectivity index (χ2v) is 4.88. The zero-order valence-corrected chi connectivity index (χ0v) is 12.2. The fraction of sp³-hybridized carbons (Fsp3) is 0.176. The lowest BCUT2D eigenvalue weighted by atomic mass is 10.1. The molecule has 2 aromatic carbocycles. The third kappa shape index (κ3) is 5.28. The minimum absolute atomic E-state index is 0.134. The van der Waals surface area contributed by atoms with Gasteiger partial charge in [0.05, 0.1) is 0 Å². The van der Waals surface area contributed by atoms with Crippen molar-refractivity contribution >= 4 is 17.6 Å². The maximum Gasteiger partial charge on any atom is 0.311 e. The Morgan fingerprint density at radius 1 is 1.09 bits per heavy atom. The van der Waals surface area contributed by atoms with E-state index in [1.165, 1.54) is 5.56 Å². The van der Waals surface area contributed by atoms with E-state index in [9.17, 15) is 4.79 Å². The van der Waals surface area contributed by atoms with Crippen LogP contribution in [-0.2, 0) is 11.2 Å². The van der Waals surface area contributed by atoms with Crippen LogP contribution < -0.4 is 15.8 Å². The summed E-state index contributed by atoms with van der Waals surface area (Å²) in [5, 5.41) is 9.79. The summed E-state index contributed by atoms with van der Waals surface area (Å²) in [5.41, 5.74) is 7.13. The van der Waals surface area contributed by atoms with Crippen LogP contribution in [0.1, 0.15) is 18.4 Å². The lowest BCUT2D eigenvalue weighted by Gasteiger charge is -2.07. The first kappa shape index (κ1) is 15.6. The van der Waals surface area contributed by atoms with Gasteiger partial charge in [0.25, 0.3) is 0 Å². The number of anilines is 1. The van der Waals surface area contributed by atoms with Gasteiger partial charge in [0.15, 0.2) is 5.96 Å². The number of rotatable bonds is 6. The number of esters is 1. The molecule has 0 saturated heterocycles. The molecule has 5 heteroatoms. The first-order valence-electron chi connectivity index (χ1n) is 7.09. The van der Waals surface area contributed by atoms with Crippen LogP contribution in [0.3, 0.4) is 0 Å². The zero-order valence-electron chi connectivity index (χ0n) is 12.2. The number of ether oxygens (including phenoxy) is 1. The molecule has 0 fully saturated rings. The fourth-order valence-corrected chi connectivity index (χ4v) is 2.03. The molecule has 0 heterocycles. The SMILES string of the molecule is N=C(N)Nc1ccc(OC(=O)CCCc2ccccc2)cc1. The summed E-state index contributed by atoms with van der Waals surface area (Å²) in [6.07, 6.45) is 1.99. The van der Waals surface area contributed by atoms with Gasteiger partial charge in [-0.15, -0.1) is 0 Å². The predicted molar refractivity (Wildman–Crippen MR) is 87.0 cm³/mol. The van der Waals surface area contributed by atoms with E-state index in [-0.39, 0.29) is 11.9 Å². The van der Waals surface area contributed by atoms with Gasteiger partial charge in [-0.1, -0.05) is 30.3 Å². The zero-order chi connectivity index (χ0) is 15.8. The summed E-state index contributed by atoms with van der Waals surface area (Å²) in [7, 11) is 0. The van der Waals surface area contributed by atoms with Crippen LogP contribution in [0.2, 0.25) is 0 Å². The first-order chi connectivity index (χ1) is 10.6. The molecule has 0 spiro atoms. The second kappa shape index (κ2) is 7.83. The summed E-state index contributed by atoms with van der Waals surface area (Å²) in [6.45, 7) is 0. The second-order valence-electron chi connectivity index (χ2n) is 4.88. The van der Waals surface area contributed by atoms with Crippen molar-refractivity contribution in [3.8, 4) is 5.75 Å². The number of hydrogen-bond donors (Lipinski definition) is 3. The van der Waals surface area contributed by atoms with Gasteiger partial charge in [-0.25, -0.2) is 0 Å². The van der Waals surface area contributed by atoms with Gasteiger partial charge in [0.1, 0.15) is 5.75 Å². The van der Waals surface area contributed by atoms with Crippen molar-refractivity contribution in [2.45, 2.75) is 19.3 Å². The van der Waals surface area contributed by atoms with Crippen LogP contribution in [-0.4, -0.2) is 11.9 Å². The van der Waals surface area contributed by atoms with Crippen LogP contribution >= 0.6 is 0 Å². The van der Waals surface area contributed by atoms with E-state index in [0.717, 1.165) is 12.8 Å². The molecule has 22 heavy (non-hydrogen) atoms. The van der Waals surface area contributed by atoms with Crippen molar-refractivity contribution in [1.29, 1.82) is 5.41 Å². The average Bonchev–Trinajstić information content (AvgIpc) is 2.50. The van der Waals surface area contributed by atoms with Crippen LogP contribution in [0.5, 0.6) is 5.75 Å². The molecule has 114 valence electrons. The Labute approximate surface area is 129 Å². The van der Waals surface area contributed by atoms with Crippen LogP contribution in [0, 0.1) is 5.41 Å². The molecular formula is C17H19N3O2. The molecule has 0 radical (unpaired) electrons. The molecule has 0 amide bonds. The van der Waals surface area contributed by atoms with E-state index in [1.54, 1.807) is 24.3 Å². The number of hydrogen-bond acceptors (Lipinski definition) is 3. The van der Waals surface area contributed by atoms with Crippen molar-refractivity contribution < 1.29 is 9.53 Å². The number of nitrogens with two attached hydrogens (primary N) is 1. The predicted octanol–water partition coefficient (Wildman–Crippen LogP) is 2.92. The Hall–Kier alpha value is -2.82. The molecule has 5 nitrogen and oxygen atoms in total. The summed E-state index contributed by atoms with van der Waals surface area (Å²) in [5.74, 6) is 0.104. The highest BCUT2D eigenvalue weighted by atomic mass is 16.5. The molecule has 4 N–H and O–H groups in total. The Kier molecular flexibility index (Phi) is 5.54. The van der Waals surface area contributed by atoms with Gasteiger partial charge >= 0.3 is 5.97 Å². The van der Waals surface area contributed by atoms with E-state index in [0.29, 0.717) is 17.9 Å². The number of benzene rings is 2. The summed E-state index contributed by atoms with van der Waals surface area (Å²) in [6, 6.07) is 16.8. The number of aryl methyl sites for hydroxylation is 1. The largest absolute Gasteiger partial charge is 0.427 e. The number of carbonyl (C=O) groups excluding carboxylic acids is 1. The molecule has 0 aromatic heterocycles. The highest BCUT2D eigenvalue weighted by Crippen LogP contribution is 2.16. The molecule has 0 aliphatic rings. The standard InChI is InChI=1S/C17H19N3O2/c18-17(19)20-14-9-11-15(12-10-14)22-16(21)8-4-7-13-5-2-1-3-6-13/h1-3,5-6,9-12H,4,7-8H2,(H4,18,19,20). The Bertz CT molecular complexity index is 624. The van der Waals surface area contributed by atoms with Gasteiger partial charge < -0.3 is 15.8 Å². The van der Waals surface area contributed by atoms with Crippen molar-refractivity contribution in [1.82, 2.24) is 0 Å². The lowest BCUT2D eigenvalue weighted by molar-refractivity contribution is -0.134. The fourth-order valence-electron chi connectivity index (χ4n) is 2.03. The highest BCUT2D eigenvalue weighted by molar-refractivity contribution is 5.89. The van der Waals surface area contributed by atoms with E-state index >= 15 is 0 Å². The Balaban J connectivity index is 1.75. The molecule has 2 aromatic rings. The van der Waals surface area contributed by atoms with Gasteiger partial charge in [0, 0.05) is 12.1 Å². The van der Waals surface area contributed by atoms with Crippen molar-refractivity contribution in [2.24, 2.45) is 5.73 Å². The molecule has 0 bridgehead atoms. The average molecular weight is 297 g/mol. The smallest absolute Gasteiger partial charge is 0.311 e. The van der Waals surface area contributed by atoms with Crippen molar-refractivity contribution in [2.75, 3.05) is 5.32 Å². The third-order valence-corrected chi connectivity index (χ3v) is 3.05. The normalized spacial score (nSPS) is 10.0. The quantitative estimate of drug-likeness (QED) is 0.331. The third-order valence-electron chi connectivity index (χ3n) is 3.05. The van der Waals surface area contributed by atoms with Crippen molar-refractivity contribution in [3.63, 3.8) is 0 Å².